The molecule has 0 spiro atoms. The molecule has 0 saturated carbocycles. The fourth-order valence-electron chi connectivity index (χ4n) is 1.09. The van der Waals surface area contributed by atoms with E-state index in [1.165, 1.54) is 0 Å². The zero-order valence-electron chi connectivity index (χ0n) is 7.61. The third kappa shape index (κ3) is 2.91. The van der Waals surface area contributed by atoms with Gasteiger partial charge in [0.25, 0.3) is 0 Å². The van der Waals surface area contributed by atoms with Gasteiger partial charge in [-0.1, -0.05) is 36.3 Å². The van der Waals surface area contributed by atoms with Crippen molar-refractivity contribution in [3.05, 3.63) is 35.9 Å². The van der Waals surface area contributed by atoms with Crippen molar-refractivity contribution in [1.82, 2.24) is 4.90 Å². The summed E-state index contributed by atoms with van der Waals surface area (Å²) in [7, 11) is 0. The Bertz CT molecular complexity index is 342. The van der Waals surface area contributed by atoms with E-state index in [0.29, 0.717) is 0 Å². The summed E-state index contributed by atoms with van der Waals surface area (Å²) in [6.45, 7) is 0.199. The van der Waals surface area contributed by atoms with Crippen LogP contribution in [0.2, 0.25) is 0 Å². The van der Waals surface area contributed by atoms with Crippen molar-refractivity contribution in [3.8, 4) is 12.3 Å². The van der Waals surface area contributed by atoms with Crippen molar-refractivity contribution in [3.63, 3.8) is 0 Å². The molecule has 72 valence electrons. The van der Waals surface area contributed by atoms with Gasteiger partial charge in [-0.2, -0.15) is 0 Å². The van der Waals surface area contributed by atoms with Crippen LogP contribution < -0.4 is 0 Å². The van der Waals surface area contributed by atoms with Crippen LogP contribution in [-0.4, -0.2) is 17.6 Å². The van der Waals surface area contributed by atoms with Gasteiger partial charge < -0.3 is 0 Å². The van der Waals surface area contributed by atoms with E-state index in [-0.39, 0.29) is 13.1 Å². The van der Waals surface area contributed by atoms with Crippen molar-refractivity contribution >= 4 is 6.16 Å². The number of carbonyl (C=O) groups is 1. The molecule has 0 heterocycles. The molecule has 0 aromatic heterocycles. The van der Waals surface area contributed by atoms with Crippen LogP contribution in [0.1, 0.15) is 5.56 Å². The molecular formula is C11H10FNO. The molecule has 0 unspecified atom stereocenters. The molecule has 0 saturated heterocycles. The summed E-state index contributed by atoms with van der Waals surface area (Å²) in [4.78, 5) is 11.5. The Morgan fingerprint density at radius 2 is 2.07 bits per heavy atom. The predicted molar refractivity (Wildman–Crippen MR) is 52.2 cm³/mol. The van der Waals surface area contributed by atoms with Crippen LogP contribution in [0, 0.1) is 12.3 Å². The van der Waals surface area contributed by atoms with Gasteiger partial charge in [-0.05, 0) is 5.56 Å². The first-order valence-corrected chi connectivity index (χ1v) is 4.16. The van der Waals surface area contributed by atoms with E-state index in [1.807, 2.05) is 30.3 Å². The fraction of sp³-hybridized carbons (Fsp3) is 0.182. The lowest BCUT2D eigenvalue weighted by atomic mass is 10.2. The van der Waals surface area contributed by atoms with Crippen LogP contribution in [-0.2, 0) is 6.54 Å². The Balaban J connectivity index is 2.66. The van der Waals surface area contributed by atoms with Gasteiger partial charge >= 0.3 is 6.16 Å². The van der Waals surface area contributed by atoms with E-state index in [9.17, 15) is 9.18 Å². The number of nitrogens with zero attached hydrogens (tertiary/aromatic N) is 1. The third-order valence-corrected chi connectivity index (χ3v) is 1.75. The molecule has 0 atom stereocenters. The number of hydrogen-bond acceptors (Lipinski definition) is 1. The topological polar surface area (TPSA) is 20.3 Å². The van der Waals surface area contributed by atoms with Gasteiger partial charge in [-0.3, -0.25) is 4.90 Å². The molecule has 1 rings (SSSR count). The van der Waals surface area contributed by atoms with Gasteiger partial charge in [-0.15, -0.1) is 10.8 Å². The standard InChI is InChI=1S/C11H10FNO/c1-2-8-13(11(12)14)9-10-6-4-3-5-7-10/h1,3-7H,8-9H2. The first-order chi connectivity index (χ1) is 6.74. The van der Waals surface area contributed by atoms with Gasteiger partial charge in [-0.25, -0.2) is 4.79 Å². The Morgan fingerprint density at radius 1 is 1.43 bits per heavy atom. The second kappa shape index (κ2) is 5.03. The van der Waals surface area contributed by atoms with Gasteiger partial charge in [0.15, 0.2) is 0 Å². The minimum atomic E-state index is -1.49. The summed E-state index contributed by atoms with van der Waals surface area (Å²) in [5, 5.41) is 0. The predicted octanol–water partition coefficient (Wildman–Crippen LogP) is 2.21. The molecule has 0 bridgehead atoms. The Morgan fingerprint density at radius 3 is 2.57 bits per heavy atom. The second-order valence-electron chi connectivity index (χ2n) is 2.80. The Labute approximate surface area is 82.3 Å². The van der Waals surface area contributed by atoms with Crippen molar-refractivity contribution in [2.45, 2.75) is 6.54 Å². The van der Waals surface area contributed by atoms with Crippen LogP contribution >= 0.6 is 0 Å². The largest absolute Gasteiger partial charge is 0.401 e. The van der Waals surface area contributed by atoms with E-state index >= 15 is 0 Å². The van der Waals surface area contributed by atoms with Crippen LogP contribution in [0.3, 0.4) is 0 Å². The van der Waals surface area contributed by atoms with E-state index < -0.39 is 6.16 Å². The number of amides is 1. The zero-order chi connectivity index (χ0) is 10.4. The van der Waals surface area contributed by atoms with Crippen LogP contribution in [0.5, 0.6) is 0 Å². The lowest BCUT2D eigenvalue weighted by molar-refractivity contribution is 0.178. The zero-order valence-corrected chi connectivity index (χ0v) is 7.61. The number of rotatable bonds is 3. The highest BCUT2D eigenvalue weighted by molar-refractivity contribution is 5.66. The molecule has 0 aliphatic rings. The second-order valence-corrected chi connectivity index (χ2v) is 2.80. The molecule has 1 amide bonds. The van der Waals surface area contributed by atoms with Gasteiger partial charge in [0, 0.05) is 6.54 Å². The summed E-state index contributed by atoms with van der Waals surface area (Å²) in [6.07, 6.45) is 3.52. The number of carbonyl (C=O) groups excluding carboxylic acids is 1. The van der Waals surface area contributed by atoms with Crippen LogP contribution in [0.4, 0.5) is 9.18 Å². The molecule has 1 aromatic rings. The maximum absolute atomic E-state index is 12.4. The van der Waals surface area contributed by atoms with Gasteiger partial charge in [0.2, 0.25) is 0 Å². The number of terminal acetylenes is 1. The van der Waals surface area contributed by atoms with Crippen molar-refractivity contribution in [2.75, 3.05) is 6.54 Å². The molecule has 0 aliphatic carbocycles. The molecule has 3 heteroatoms. The molecule has 0 radical (unpaired) electrons. The average Bonchev–Trinajstić information content (AvgIpc) is 2.18. The van der Waals surface area contributed by atoms with Gasteiger partial charge in [0.05, 0.1) is 6.54 Å². The number of hydrogen-bond donors (Lipinski definition) is 0. The third-order valence-electron chi connectivity index (χ3n) is 1.75. The highest BCUT2D eigenvalue weighted by Gasteiger charge is 2.10. The summed E-state index contributed by atoms with van der Waals surface area (Å²) in [5.41, 5.74) is 0.855. The minimum Gasteiger partial charge on any atom is -0.299 e. The maximum atomic E-state index is 12.4. The summed E-state index contributed by atoms with van der Waals surface area (Å²) in [5.74, 6) is 2.23. The normalized spacial score (nSPS) is 9.14. The molecule has 2 nitrogen and oxygen atoms in total. The lowest BCUT2D eigenvalue weighted by Crippen LogP contribution is -2.26. The minimum absolute atomic E-state index is 0.00969. The molecule has 14 heavy (non-hydrogen) atoms. The smallest absolute Gasteiger partial charge is 0.299 e. The number of benzene rings is 1. The average molecular weight is 191 g/mol. The molecular weight excluding hydrogens is 181 g/mol. The molecule has 0 fully saturated rings. The van der Waals surface area contributed by atoms with Crippen molar-refractivity contribution < 1.29 is 9.18 Å². The summed E-state index contributed by atoms with van der Waals surface area (Å²) >= 11 is 0. The number of halogens is 1. The molecule has 0 N–H and O–H groups in total. The molecule has 0 aliphatic heterocycles. The quantitative estimate of drug-likeness (QED) is 0.407. The van der Waals surface area contributed by atoms with Gasteiger partial charge in [0.1, 0.15) is 0 Å². The summed E-state index contributed by atoms with van der Waals surface area (Å²) in [6, 6.07) is 9.13. The van der Waals surface area contributed by atoms with Crippen molar-refractivity contribution in [2.24, 2.45) is 0 Å². The van der Waals surface area contributed by atoms with E-state index in [0.717, 1.165) is 10.5 Å². The van der Waals surface area contributed by atoms with E-state index in [2.05, 4.69) is 5.92 Å². The van der Waals surface area contributed by atoms with Crippen LogP contribution in [0.25, 0.3) is 0 Å². The highest BCUT2D eigenvalue weighted by Crippen LogP contribution is 2.05. The SMILES string of the molecule is C#CCN(Cc1ccccc1)C(=O)F. The van der Waals surface area contributed by atoms with Crippen LogP contribution in [0.15, 0.2) is 30.3 Å². The molecule has 1 aromatic carbocycles. The Hall–Kier alpha value is -1.82. The van der Waals surface area contributed by atoms with Crippen molar-refractivity contribution in [1.29, 1.82) is 0 Å². The van der Waals surface area contributed by atoms with E-state index in [4.69, 9.17) is 6.42 Å². The fourth-order valence-corrected chi connectivity index (χ4v) is 1.09. The van der Waals surface area contributed by atoms with E-state index in [1.54, 1.807) is 0 Å². The lowest BCUT2D eigenvalue weighted by Gasteiger charge is -2.15. The highest BCUT2D eigenvalue weighted by atomic mass is 19.1. The summed E-state index contributed by atoms with van der Waals surface area (Å²) < 4.78 is 12.4. The first kappa shape index (κ1) is 10.3. The Kier molecular flexibility index (Phi) is 3.69. The first-order valence-electron chi connectivity index (χ1n) is 4.16. The maximum Gasteiger partial charge on any atom is 0.401 e. The monoisotopic (exact) mass is 191 g/mol.